The van der Waals surface area contributed by atoms with Crippen molar-refractivity contribution in [3.05, 3.63) is 34.4 Å². The predicted molar refractivity (Wildman–Crippen MR) is 79.7 cm³/mol. The Morgan fingerprint density at radius 1 is 1.14 bits per heavy atom. The predicted octanol–water partition coefficient (Wildman–Crippen LogP) is 1.75. The number of carbonyl (C=O) groups excluding carboxylic acids is 2. The van der Waals surface area contributed by atoms with E-state index in [0.29, 0.717) is 9.87 Å². The molecule has 1 amide bonds. The van der Waals surface area contributed by atoms with Crippen molar-refractivity contribution in [2.45, 2.75) is 39.4 Å². The molecule has 1 aliphatic heterocycles. The summed E-state index contributed by atoms with van der Waals surface area (Å²) in [4.78, 5) is 24.3. The van der Waals surface area contributed by atoms with Crippen LogP contribution in [0.1, 0.15) is 40.9 Å². The van der Waals surface area contributed by atoms with Gasteiger partial charge in [0.2, 0.25) is 0 Å². The van der Waals surface area contributed by atoms with E-state index in [-0.39, 0.29) is 5.78 Å². The molecule has 1 aromatic carbocycles. The van der Waals surface area contributed by atoms with Crippen LogP contribution in [-0.4, -0.2) is 35.7 Å². The van der Waals surface area contributed by atoms with Gasteiger partial charge in [-0.15, -0.1) is 0 Å². The first-order valence-corrected chi connectivity index (χ1v) is 8.12. The summed E-state index contributed by atoms with van der Waals surface area (Å²) in [6.07, 6.45) is 0. The molecular formula is C15H19NO4S. The summed E-state index contributed by atoms with van der Waals surface area (Å²) < 4.78 is 23.3. The highest BCUT2D eigenvalue weighted by atomic mass is 32.2. The summed E-state index contributed by atoms with van der Waals surface area (Å²) in [7, 11) is -3.72. The van der Waals surface area contributed by atoms with Crippen LogP contribution in [0.4, 0.5) is 0 Å². The lowest BCUT2D eigenvalue weighted by Gasteiger charge is -2.42. The van der Waals surface area contributed by atoms with Gasteiger partial charge in [-0.2, -0.15) is 0 Å². The van der Waals surface area contributed by atoms with Crippen LogP contribution in [0.2, 0.25) is 0 Å². The van der Waals surface area contributed by atoms with Crippen LogP contribution in [0.5, 0.6) is 0 Å². The number of hydrogen-bond acceptors (Lipinski definition) is 4. The van der Waals surface area contributed by atoms with Crippen molar-refractivity contribution in [2.75, 3.05) is 6.54 Å². The van der Waals surface area contributed by atoms with Gasteiger partial charge in [0.1, 0.15) is 6.54 Å². The fourth-order valence-corrected chi connectivity index (χ4v) is 4.23. The number of carbonyl (C=O) groups is 2. The minimum absolute atomic E-state index is 0.350. The highest BCUT2D eigenvalue weighted by molar-refractivity contribution is 7.94. The van der Waals surface area contributed by atoms with Crippen molar-refractivity contribution in [2.24, 2.45) is 0 Å². The maximum absolute atomic E-state index is 12.4. The van der Waals surface area contributed by atoms with E-state index in [4.69, 9.17) is 0 Å². The molecule has 1 heterocycles. The maximum atomic E-state index is 12.4. The lowest BCUT2D eigenvalue weighted by Crippen LogP contribution is -2.68. The number of nitrogens with zero attached hydrogens (tertiary/aromatic N) is 1. The molecule has 0 N–H and O–H groups in total. The molecule has 0 bridgehead atoms. The number of benzene rings is 1. The highest BCUT2D eigenvalue weighted by Gasteiger charge is 2.60. The van der Waals surface area contributed by atoms with Gasteiger partial charge in [0.15, 0.2) is 10.5 Å². The monoisotopic (exact) mass is 309 g/mol. The Bertz CT molecular complexity index is 724. The highest BCUT2D eigenvalue weighted by Crippen LogP contribution is 2.35. The SMILES string of the molecule is Cc1cc(C)c(C(=O)CN2C(=O)C(C)(C)S2(=O)=O)c(C)c1. The molecule has 1 saturated heterocycles. The summed E-state index contributed by atoms with van der Waals surface area (Å²) in [6, 6.07) is 3.74. The molecule has 0 radical (unpaired) electrons. The minimum atomic E-state index is -3.72. The van der Waals surface area contributed by atoms with Gasteiger partial charge in [-0.3, -0.25) is 9.59 Å². The zero-order chi connectivity index (χ0) is 16.2. The maximum Gasteiger partial charge on any atom is 0.259 e. The Morgan fingerprint density at radius 2 is 1.62 bits per heavy atom. The van der Waals surface area contributed by atoms with Crippen molar-refractivity contribution >= 4 is 21.7 Å². The Morgan fingerprint density at radius 3 is 2.05 bits per heavy atom. The van der Waals surface area contributed by atoms with Crippen LogP contribution in [0.25, 0.3) is 0 Å². The van der Waals surface area contributed by atoms with Gasteiger partial charge in [-0.1, -0.05) is 17.7 Å². The van der Waals surface area contributed by atoms with Gasteiger partial charge < -0.3 is 0 Å². The topological polar surface area (TPSA) is 71.5 Å². The van der Waals surface area contributed by atoms with Gasteiger partial charge in [0.05, 0.1) is 0 Å². The fraction of sp³-hybridized carbons (Fsp3) is 0.467. The quantitative estimate of drug-likeness (QED) is 0.797. The van der Waals surface area contributed by atoms with Crippen LogP contribution in [0, 0.1) is 20.8 Å². The summed E-state index contributed by atoms with van der Waals surface area (Å²) in [5.74, 6) is -0.879. The van der Waals surface area contributed by atoms with Crippen LogP contribution in [0.3, 0.4) is 0 Å². The van der Waals surface area contributed by atoms with Crippen LogP contribution in [0.15, 0.2) is 12.1 Å². The average molecular weight is 309 g/mol. The molecule has 0 saturated carbocycles. The van der Waals surface area contributed by atoms with E-state index in [1.165, 1.54) is 13.8 Å². The molecule has 114 valence electrons. The van der Waals surface area contributed by atoms with E-state index in [1.807, 2.05) is 32.9 Å². The van der Waals surface area contributed by atoms with Gasteiger partial charge in [-0.05, 0) is 45.7 Å². The number of rotatable bonds is 3. The Kier molecular flexibility index (Phi) is 3.48. The number of Topliss-reactive ketones (excluding diaryl/α,β-unsaturated/α-hetero) is 1. The van der Waals surface area contributed by atoms with E-state index in [0.717, 1.165) is 16.7 Å². The molecule has 1 aromatic rings. The van der Waals surface area contributed by atoms with E-state index in [1.54, 1.807) is 0 Å². The van der Waals surface area contributed by atoms with Crippen molar-refractivity contribution in [1.82, 2.24) is 4.31 Å². The molecule has 2 rings (SSSR count). The fourth-order valence-electron chi connectivity index (χ4n) is 2.74. The van der Waals surface area contributed by atoms with Gasteiger partial charge >= 0.3 is 0 Å². The summed E-state index contributed by atoms with van der Waals surface area (Å²) >= 11 is 0. The number of aryl methyl sites for hydroxylation is 3. The lowest BCUT2D eigenvalue weighted by molar-refractivity contribution is -0.131. The molecule has 1 aliphatic rings. The molecule has 0 spiro atoms. The second kappa shape index (κ2) is 4.66. The summed E-state index contributed by atoms with van der Waals surface area (Å²) in [5, 5.41) is 0. The van der Waals surface area contributed by atoms with Gasteiger partial charge in [0.25, 0.3) is 15.9 Å². The Balaban J connectivity index is 2.31. The molecule has 1 fully saturated rings. The van der Waals surface area contributed by atoms with Crippen molar-refractivity contribution in [3.8, 4) is 0 Å². The molecular weight excluding hydrogens is 290 g/mol. The van der Waals surface area contributed by atoms with Gasteiger partial charge in [-0.25, -0.2) is 12.7 Å². The van der Waals surface area contributed by atoms with Crippen molar-refractivity contribution in [3.63, 3.8) is 0 Å². The Labute approximate surface area is 125 Å². The van der Waals surface area contributed by atoms with Gasteiger partial charge in [0, 0.05) is 5.56 Å². The van der Waals surface area contributed by atoms with Crippen LogP contribution >= 0.6 is 0 Å². The number of hydrogen-bond donors (Lipinski definition) is 0. The number of amides is 1. The first-order valence-electron chi connectivity index (χ1n) is 6.68. The number of ketones is 1. The molecule has 0 aromatic heterocycles. The molecule has 0 aliphatic carbocycles. The second-order valence-corrected chi connectivity index (χ2v) is 8.44. The Hall–Kier alpha value is -1.69. The minimum Gasteiger partial charge on any atom is -0.292 e. The normalized spacial score (nSPS) is 19.3. The zero-order valence-electron chi connectivity index (χ0n) is 12.9. The standard InChI is InChI=1S/C15H19NO4S/c1-9-6-10(2)13(11(3)7-9)12(17)8-16-14(18)15(4,5)21(16,19)20/h6-7H,8H2,1-5H3. The first kappa shape index (κ1) is 15.7. The van der Waals surface area contributed by atoms with Crippen molar-refractivity contribution in [1.29, 1.82) is 0 Å². The van der Waals surface area contributed by atoms with E-state index < -0.39 is 27.2 Å². The van der Waals surface area contributed by atoms with E-state index >= 15 is 0 Å². The summed E-state index contributed by atoms with van der Waals surface area (Å²) in [6.45, 7) is 7.84. The molecule has 21 heavy (non-hydrogen) atoms. The largest absolute Gasteiger partial charge is 0.292 e. The van der Waals surface area contributed by atoms with E-state index in [9.17, 15) is 18.0 Å². The molecule has 6 heteroatoms. The lowest BCUT2D eigenvalue weighted by atomic mass is 9.96. The smallest absolute Gasteiger partial charge is 0.259 e. The third-order valence-corrected chi connectivity index (χ3v) is 6.26. The zero-order valence-corrected chi connectivity index (χ0v) is 13.7. The summed E-state index contributed by atoms with van der Waals surface area (Å²) in [5.41, 5.74) is 3.12. The first-order chi connectivity index (χ1) is 9.50. The molecule has 5 nitrogen and oxygen atoms in total. The molecule has 0 unspecified atom stereocenters. The van der Waals surface area contributed by atoms with Crippen LogP contribution < -0.4 is 0 Å². The van der Waals surface area contributed by atoms with E-state index in [2.05, 4.69) is 0 Å². The second-order valence-electron chi connectivity index (χ2n) is 6.02. The van der Waals surface area contributed by atoms with Crippen molar-refractivity contribution < 1.29 is 18.0 Å². The van der Waals surface area contributed by atoms with Crippen LogP contribution in [-0.2, 0) is 14.8 Å². The molecule has 0 atom stereocenters. The third kappa shape index (κ3) is 2.18. The number of sulfonamides is 1. The third-order valence-electron chi connectivity index (χ3n) is 3.92. The average Bonchev–Trinajstić information content (AvgIpc) is 2.33.